The first-order valence-corrected chi connectivity index (χ1v) is 13.7. The van der Waals surface area contributed by atoms with Gasteiger partial charge in [0, 0.05) is 17.5 Å². The number of hydrogen-bond acceptors (Lipinski definition) is 5. The van der Waals surface area contributed by atoms with Crippen molar-refractivity contribution in [3.63, 3.8) is 0 Å². The molecule has 42 heavy (non-hydrogen) atoms. The van der Waals surface area contributed by atoms with Crippen molar-refractivity contribution in [3.05, 3.63) is 95.8 Å². The van der Waals surface area contributed by atoms with Crippen LogP contribution in [0.4, 0.5) is 13.2 Å². The van der Waals surface area contributed by atoms with E-state index in [2.05, 4.69) is 10.1 Å². The maximum atomic E-state index is 13.3. The van der Waals surface area contributed by atoms with E-state index in [1.165, 1.54) is 24.3 Å². The van der Waals surface area contributed by atoms with E-state index in [1.54, 1.807) is 36.4 Å². The highest BCUT2D eigenvalue weighted by atomic mass is 19.4. The number of aromatic nitrogens is 1. The summed E-state index contributed by atoms with van der Waals surface area (Å²) >= 11 is 0. The fraction of sp³-hybridized carbons (Fsp3) is 0.281. The normalized spacial score (nSPS) is 14.5. The number of nitrogens with zero attached hydrogens (tertiary/aromatic N) is 1. The van der Waals surface area contributed by atoms with Gasteiger partial charge < -0.3 is 19.9 Å². The van der Waals surface area contributed by atoms with Crippen LogP contribution in [0.3, 0.4) is 0 Å². The predicted molar refractivity (Wildman–Crippen MR) is 150 cm³/mol. The second-order valence-electron chi connectivity index (χ2n) is 10.4. The largest absolute Gasteiger partial charge is 0.573 e. The number of amides is 1. The Kier molecular flexibility index (Phi) is 8.61. The van der Waals surface area contributed by atoms with Crippen LogP contribution in [-0.2, 0) is 17.6 Å². The number of fused-ring (bicyclic) bond motifs is 1. The average Bonchev–Trinajstić information content (AvgIpc) is 3.47. The Hall–Kier alpha value is -4.60. The van der Waals surface area contributed by atoms with Crippen molar-refractivity contribution in [2.75, 3.05) is 0 Å². The van der Waals surface area contributed by atoms with Gasteiger partial charge in [-0.2, -0.15) is 0 Å². The molecule has 0 bridgehead atoms. The SMILES string of the molecule is O=C(N[C@@H](Cc1ccccc1)C(=O)O)c1cc2ccc(Oc3ccc(OC(F)(F)F)cc3)cc2c(CC2CCCC2)n1. The summed E-state index contributed by atoms with van der Waals surface area (Å²) in [5.74, 6) is -0.880. The quantitative estimate of drug-likeness (QED) is 0.209. The van der Waals surface area contributed by atoms with Crippen molar-refractivity contribution in [2.45, 2.75) is 50.9 Å². The molecule has 7 nitrogen and oxygen atoms in total. The Bertz CT molecular complexity index is 1550. The Balaban J connectivity index is 1.40. The molecule has 1 aliphatic carbocycles. The molecule has 5 rings (SSSR count). The minimum atomic E-state index is -4.78. The van der Waals surface area contributed by atoms with Crippen LogP contribution in [0.2, 0.25) is 0 Å². The van der Waals surface area contributed by atoms with E-state index < -0.39 is 24.3 Å². The van der Waals surface area contributed by atoms with E-state index in [-0.39, 0.29) is 17.9 Å². The topological polar surface area (TPSA) is 97.8 Å². The molecular formula is C32H29F3N2O5. The van der Waals surface area contributed by atoms with Gasteiger partial charge >= 0.3 is 12.3 Å². The average molecular weight is 579 g/mol. The lowest BCUT2D eigenvalue weighted by atomic mass is 9.97. The summed E-state index contributed by atoms with van der Waals surface area (Å²) in [7, 11) is 0. The highest BCUT2D eigenvalue weighted by molar-refractivity contribution is 5.99. The molecule has 10 heteroatoms. The number of carboxylic acids is 1. The number of aliphatic carboxylic acids is 1. The summed E-state index contributed by atoms with van der Waals surface area (Å²) in [6, 6.07) is 19.9. The van der Waals surface area contributed by atoms with Crippen LogP contribution in [0.1, 0.15) is 47.4 Å². The lowest BCUT2D eigenvalue weighted by Crippen LogP contribution is -2.42. The monoisotopic (exact) mass is 578 g/mol. The van der Waals surface area contributed by atoms with Gasteiger partial charge in [-0.1, -0.05) is 62.1 Å². The van der Waals surface area contributed by atoms with Gasteiger partial charge in [0.25, 0.3) is 5.91 Å². The zero-order chi connectivity index (χ0) is 29.7. The first-order chi connectivity index (χ1) is 20.1. The molecule has 1 saturated carbocycles. The van der Waals surface area contributed by atoms with Crippen LogP contribution in [0.5, 0.6) is 17.2 Å². The van der Waals surface area contributed by atoms with Gasteiger partial charge in [0.2, 0.25) is 0 Å². The number of benzene rings is 3. The highest BCUT2D eigenvalue weighted by Gasteiger charge is 2.31. The number of halogens is 3. The second-order valence-corrected chi connectivity index (χ2v) is 10.4. The number of hydrogen-bond donors (Lipinski definition) is 2. The van der Waals surface area contributed by atoms with Crippen LogP contribution in [0, 0.1) is 5.92 Å². The number of ether oxygens (including phenoxy) is 2. The van der Waals surface area contributed by atoms with E-state index in [0.29, 0.717) is 29.5 Å². The summed E-state index contributed by atoms with van der Waals surface area (Å²) in [6.07, 6.45) is 0.373. The molecule has 0 saturated heterocycles. The van der Waals surface area contributed by atoms with E-state index in [9.17, 15) is 27.9 Å². The summed E-state index contributed by atoms with van der Waals surface area (Å²) in [5.41, 5.74) is 1.62. The first kappa shape index (κ1) is 28.9. The van der Waals surface area contributed by atoms with Gasteiger partial charge in [0.15, 0.2) is 0 Å². The van der Waals surface area contributed by atoms with Crippen molar-refractivity contribution < 1.29 is 37.3 Å². The molecule has 0 spiro atoms. The molecule has 1 aliphatic rings. The first-order valence-electron chi connectivity index (χ1n) is 13.7. The number of alkyl halides is 3. The van der Waals surface area contributed by atoms with Crippen LogP contribution < -0.4 is 14.8 Å². The fourth-order valence-electron chi connectivity index (χ4n) is 5.25. The Morgan fingerprint density at radius 2 is 1.60 bits per heavy atom. The maximum absolute atomic E-state index is 13.3. The zero-order valence-electron chi connectivity index (χ0n) is 22.6. The Morgan fingerprint density at radius 1 is 0.929 bits per heavy atom. The third-order valence-corrected chi connectivity index (χ3v) is 7.25. The third kappa shape index (κ3) is 7.57. The molecule has 3 aromatic carbocycles. The number of nitrogens with one attached hydrogen (secondary N) is 1. The molecule has 1 heterocycles. The van der Waals surface area contributed by atoms with E-state index in [4.69, 9.17) is 9.72 Å². The second kappa shape index (κ2) is 12.5. The molecule has 1 aromatic heterocycles. The Morgan fingerprint density at radius 3 is 2.26 bits per heavy atom. The summed E-state index contributed by atoms with van der Waals surface area (Å²) in [6.45, 7) is 0. The molecular weight excluding hydrogens is 549 g/mol. The van der Waals surface area contributed by atoms with Crippen LogP contribution in [0.15, 0.2) is 78.9 Å². The highest BCUT2D eigenvalue weighted by Crippen LogP contribution is 2.33. The number of carbonyl (C=O) groups excluding carboxylic acids is 1. The molecule has 4 aromatic rings. The van der Waals surface area contributed by atoms with Crippen molar-refractivity contribution in [1.29, 1.82) is 0 Å². The Labute approximate surface area is 240 Å². The molecule has 1 amide bonds. The molecule has 1 atom stereocenters. The molecule has 1 fully saturated rings. The molecule has 0 unspecified atom stereocenters. The standard InChI is InChI=1S/C32H29F3N2O5/c33-32(34,35)42-24-14-12-23(13-15-24)41-25-11-10-22-18-28(36-27(26(22)19-25)16-20-8-4-5-9-20)30(38)37-29(31(39)40)17-21-6-2-1-3-7-21/h1-3,6-7,10-15,18-20,29H,4-5,8-9,16-17H2,(H,37,38)(H,39,40)/t29-/m0/s1. The summed E-state index contributed by atoms with van der Waals surface area (Å²) in [5, 5.41) is 13.9. The van der Waals surface area contributed by atoms with Crippen molar-refractivity contribution in [1.82, 2.24) is 10.3 Å². The number of carboxylic acid groups (broad SMARTS) is 1. The third-order valence-electron chi connectivity index (χ3n) is 7.25. The van der Waals surface area contributed by atoms with Crippen LogP contribution in [0.25, 0.3) is 10.8 Å². The molecule has 2 N–H and O–H groups in total. The number of rotatable bonds is 10. The van der Waals surface area contributed by atoms with Crippen LogP contribution >= 0.6 is 0 Å². The van der Waals surface area contributed by atoms with Gasteiger partial charge in [-0.15, -0.1) is 13.2 Å². The zero-order valence-corrected chi connectivity index (χ0v) is 22.6. The summed E-state index contributed by atoms with van der Waals surface area (Å²) < 4.78 is 47.2. The van der Waals surface area contributed by atoms with Gasteiger partial charge in [-0.3, -0.25) is 4.79 Å². The van der Waals surface area contributed by atoms with E-state index >= 15 is 0 Å². The summed E-state index contributed by atoms with van der Waals surface area (Å²) in [4.78, 5) is 29.9. The maximum Gasteiger partial charge on any atom is 0.573 e. The minimum Gasteiger partial charge on any atom is -0.480 e. The predicted octanol–water partition coefficient (Wildman–Crippen LogP) is 7.08. The fourth-order valence-corrected chi connectivity index (χ4v) is 5.25. The van der Waals surface area contributed by atoms with Crippen molar-refractivity contribution in [3.8, 4) is 17.2 Å². The minimum absolute atomic E-state index is 0.128. The van der Waals surface area contributed by atoms with E-state index in [0.717, 1.165) is 42.0 Å². The van der Waals surface area contributed by atoms with E-state index in [1.807, 2.05) is 18.2 Å². The number of carbonyl (C=O) groups is 2. The lowest BCUT2D eigenvalue weighted by molar-refractivity contribution is -0.274. The van der Waals surface area contributed by atoms with Gasteiger partial charge in [0.1, 0.15) is 29.0 Å². The van der Waals surface area contributed by atoms with Gasteiger partial charge in [-0.05, 0) is 65.8 Å². The van der Waals surface area contributed by atoms with Gasteiger partial charge in [-0.25, -0.2) is 9.78 Å². The van der Waals surface area contributed by atoms with Crippen molar-refractivity contribution >= 4 is 22.6 Å². The number of pyridine rings is 1. The smallest absolute Gasteiger partial charge is 0.480 e. The lowest BCUT2D eigenvalue weighted by Gasteiger charge is -2.17. The van der Waals surface area contributed by atoms with Crippen LogP contribution in [-0.4, -0.2) is 34.4 Å². The molecule has 218 valence electrons. The molecule has 0 aliphatic heterocycles. The molecule has 0 radical (unpaired) electrons. The van der Waals surface area contributed by atoms with Gasteiger partial charge in [0.05, 0.1) is 0 Å². The van der Waals surface area contributed by atoms with Crippen molar-refractivity contribution in [2.24, 2.45) is 5.92 Å².